The second-order valence-corrected chi connectivity index (χ2v) is 7.33. The lowest BCUT2D eigenvalue weighted by molar-refractivity contribution is -0.127. The van der Waals surface area contributed by atoms with Crippen LogP contribution in [0.15, 0.2) is 42.9 Å². The average Bonchev–Trinajstić information content (AvgIpc) is 2.98. The number of pyridine rings is 2. The highest BCUT2D eigenvalue weighted by atomic mass is 19.1. The molecule has 1 unspecified atom stereocenters. The molecule has 1 saturated heterocycles. The Kier molecular flexibility index (Phi) is 4.59. The molecule has 0 aromatic carbocycles. The number of amides is 2. The second-order valence-electron chi connectivity index (χ2n) is 7.33. The normalized spacial score (nSPS) is 25.0. The van der Waals surface area contributed by atoms with E-state index in [9.17, 15) is 14.0 Å². The summed E-state index contributed by atoms with van der Waals surface area (Å²) in [6.07, 6.45) is 8.04. The van der Waals surface area contributed by atoms with Gasteiger partial charge in [0.2, 0.25) is 5.91 Å². The number of hydrogen-bond donors (Lipinski definition) is 1. The number of aromatic nitrogens is 2. The van der Waals surface area contributed by atoms with E-state index in [0.29, 0.717) is 30.8 Å². The molecule has 1 N–H and O–H groups in total. The van der Waals surface area contributed by atoms with Crippen LogP contribution in [0.1, 0.15) is 42.6 Å². The molecule has 2 aromatic rings. The number of anilines is 1. The predicted molar refractivity (Wildman–Crippen MR) is 97.6 cm³/mol. The molecule has 0 radical (unpaired) electrons. The van der Waals surface area contributed by atoms with Crippen molar-refractivity contribution in [2.45, 2.75) is 38.1 Å². The Hall–Kier alpha value is -2.83. The summed E-state index contributed by atoms with van der Waals surface area (Å²) in [5.74, 6) is -0.661. The second kappa shape index (κ2) is 7.06. The first kappa shape index (κ1) is 17.6. The van der Waals surface area contributed by atoms with Crippen LogP contribution in [0.5, 0.6) is 0 Å². The van der Waals surface area contributed by atoms with Gasteiger partial charge in [0.1, 0.15) is 11.5 Å². The van der Waals surface area contributed by atoms with Crippen LogP contribution >= 0.6 is 0 Å². The number of nitrogens with one attached hydrogen (secondary N) is 1. The molecule has 6 nitrogen and oxygen atoms in total. The highest BCUT2D eigenvalue weighted by Gasteiger charge is 2.49. The van der Waals surface area contributed by atoms with Crippen molar-refractivity contribution in [2.75, 3.05) is 11.4 Å². The number of rotatable bonds is 3. The largest absolute Gasteiger partial charge is 0.348 e. The van der Waals surface area contributed by atoms with E-state index in [1.54, 1.807) is 29.3 Å². The average molecular weight is 368 g/mol. The first-order valence-corrected chi connectivity index (χ1v) is 9.22. The van der Waals surface area contributed by atoms with Crippen LogP contribution in [0.2, 0.25) is 0 Å². The Bertz CT molecular complexity index is 860. The van der Waals surface area contributed by atoms with Gasteiger partial charge >= 0.3 is 0 Å². The molecule has 1 aliphatic carbocycles. The van der Waals surface area contributed by atoms with Gasteiger partial charge in [-0.1, -0.05) is 12.5 Å². The maximum Gasteiger partial charge on any atom is 0.270 e. The summed E-state index contributed by atoms with van der Waals surface area (Å²) >= 11 is 0. The quantitative estimate of drug-likeness (QED) is 0.904. The van der Waals surface area contributed by atoms with E-state index in [2.05, 4.69) is 15.3 Å². The first-order chi connectivity index (χ1) is 13.1. The van der Waals surface area contributed by atoms with Gasteiger partial charge in [0.15, 0.2) is 0 Å². The van der Waals surface area contributed by atoms with Crippen LogP contribution in [0.3, 0.4) is 0 Å². The number of hydrogen-bond acceptors (Lipinski definition) is 4. The molecule has 2 atom stereocenters. The Labute approximate surface area is 156 Å². The number of halogens is 1. The molecule has 2 fully saturated rings. The van der Waals surface area contributed by atoms with Crippen LogP contribution in [0.4, 0.5) is 10.1 Å². The van der Waals surface area contributed by atoms with Gasteiger partial charge in [-0.3, -0.25) is 19.6 Å². The summed E-state index contributed by atoms with van der Waals surface area (Å²) < 4.78 is 13.5. The van der Waals surface area contributed by atoms with Crippen LogP contribution in [0.25, 0.3) is 0 Å². The highest BCUT2D eigenvalue weighted by Crippen LogP contribution is 2.46. The van der Waals surface area contributed by atoms with Crippen molar-refractivity contribution in [1.82, 2.24) is 15.3 Å². The zero-order chi connectivity index (χ0) is 18.9. The third-order valence-electron chi connectivity index (χ3n) is 5.59. The van der Waals surface area contributed by atoms with E-state index in [-0.39, 0.29) is 17.9 Å². The third-order valence-corrected chi connectivity index (χ3v) is 5.59. The van der Waals surface area contributed by atoms with Crippen molar-refractivity contribution in [3.05, 3.63) is 54.4 Å². The summed E-state index contributed by atoms with van der Waals surface area (Å²) in [6.45, 7) is 0.547. The van der Waals surface area contributed by atoms with Crippen LogP contribution in [0, 0.1) is 11.2 Å². The van der Waals surface area contributed by atoms with Crippen molar-refractivity contribution in [1.29, 1.82) is 0 Å². The number of nitrogens with zero attached hydrogens (tertiary/aromatic N) is 3. The fraction of sp³-hybridized carbons (Fsp3) is 0.400. The molecule has 140 valence electrons. The van der Waals surface area contributed by atoms with E-state index in [1.807, 2.05) is 0 Å². The van der Waals surface area contributed by atoms with E-state index in [4.69, 9.17) is 0 Å². The van der Waals surface area contributed by atoms with Crippen molar-refractivity contribution in [2.24, 2.45) is 5.41 Å². The summed E-state index contributed by atoms with van der Waals surface area (Å²) in [6, 6.07) is 6.48. The molecule has 1 aliphatic heterocycles. The molecule has 1 saturated carbocycles. The summed E-state index contributed by atoms with van der Waals surface area (Å²) in [7, 11) is 0. The van der Waals surface area contributed by atoms with Crippen molar-refractivity contribution in [3.8, 4) is 0 Å². The van der Waals surface area contributed by atoms with Gasteiger partial charge in [0.05, 0.1) is 23.5 Å². The van der Waals surface area contributed by atoms with Gasteiger partial charge < -0.3 is 10.2 Å². The lowest BCUT2D eigenvalue weighted by Gasteiger charge is -2.36. The Morgan fingerprint density at radius 1 is 1.30 bits per heavy atom. The topological polar surface area (TPSA) is 75.2 Å². The van der Waals surface area contributed by atoms with Crippen LogP contribution < -0.4 is 10.2 Å². The van der Waals surface area contributed by atoms with Crippen molar-refractivity contribution >= 4 is 17.5 Å². The number of carbonyl (C=O) groups is 2. The summed E-state index contributed by atoms with van der Waals surface area (Å²) in [5.41, 5.74) is 0.381. The first-order valence-electron chi connectivity index (χ1n) is 9.22. The van der Waals surface area contributed by atoms with E-state index < -0.39 is 11.2 Å². The predicted octanol–water partition coefficient (Wildman–Crippen LogP) is 2.71. The fourth-order valence-electron chi connectivity index (χ4n) is 4.28. The van der Waals surface area contributed by atoms with E-state index >= 15 is 0 Å². The van der Waals surface area contributed by atoms with Gasteiger partial charge in [0, 0.05) is 24.8 Å². The minimum atomic E-state index is -0.493. The Morgan fingerprint density at radius 2 is 2.19 bits per heavy atom. The summed E-state index contributed by atoms with van der Waals surface area (Å²) in [5, 5.41) is 3.03. The van der Waals surface area contributed by atoms with Gasteiger partial charge in [-0.15, -0.1) is 0 Å². The Balaban J connectivity index is 1.47. The lowest BCUT2D eigenvalue weighted by atomic mass is 9.71. The molecule has 2 aromatic heterocycles. The Morgan fingerprint density at radius 3 is 2.96 bits per heavy atom. The standard InChI is InChI=1S/C20H21FN4O2/c21-14-10-16(13-22-12-14)25-9-7-20(19(25)27)6-3-4-15(11-20)24-18(26)17-5-1-2-8-23-17/h1-2,5,8,10,12-13,15H,3-4,6-7,9,11H2,(H,24,26)/t15-,20?/m0/s1. The summed E-state index contributed by atoms with van der Waals surface area (Å²) in [4.78, 5) is 35.1. The molecular formula is C20H21FN4O2. The van der Waals surface area contributed by atoms with E-state index in [0.717, 1.165) is 25.5 Å². The van der Waals surface area contributed by atoms with Gasteiger partial charge in [-0.25, -0.2) is 4.39 Å². The van der Waals surface area contributed by atoms with Crippen LogP contribution in [-0.4, -0.2) is 34.4 Å². The fourth-order valence-corrected chi connectivity index (χ4v) is 4.28. The van der Waals surface area contributed by atoms with Crippen molar-refractivity contribution < 1.29 is 14.0 Å². The molecule has 1 spiro atoms. The molecule has 27 heavy (non-hydrogen) atoms. The number of carbonyl (C=O) groups excluding carboxylic acids is 2. The molecule has 0 bridgehead atoms. The van der Waals surface area contributed by atoms with Crippen LogP contribution in [-0.2, 0) is 4.79 Å². The van der Waals surface area contributed by atoms with Gasteiger partial charge in [-0.05, 0) is 37.8 Å². The third kappa shape index (κ3) is 3.41. The minimum Gasteiger partial charge on any atom is -0.348 e. The highest BCUT2D eigenvalue weighted by molar-refractivity contribution is 6.00. The monoisotopic (exact) mass is 368 g/mol. The maximum absolute atomic E-state index is 13.5. The van der Waals surface area contributed by atoms with Gasteiger partial charge in [-0.2, -0.15) is 0 Å². The minimum absolute atomic E-state index is 0.00619. The molecule has 7 heteroatoms. The van der Waals surface area contributed by atoms with Gasteiger partial charge in [0.25, 0.3) is 5.91 Å². The molecule has 4 rings (SSSR count). The zero-order valence-corrected chi connectivity index (χ0v) is 14.9. The maximum atomic E-state index is 13.5. The molecule has 2 aliphatic rings. The van der Waals surface area contributed by atoms with E-state index in [1.165, 1.54) is 12.3 Å². The molecular weight excluding hydrogens is 347 g/mol. The smallest absolute Gasteiger partial charge is 0.270 e. The molecule has 2 amide bonds. The zero-order valence-electron chi connectivity index (χ0n) is 14.9. The van der Waals surface area contributed by atoms with Crippen molar-refractivity contribution in [3.63, 3.8) is 0 Å². The SMILES string of the molecule is O=C(N[C@H]1CCCC2(CCN(c3cncc(F)c3)C2=O)C1)c1ccccn1. The molecule has 3 heterocycles. The lowest BCUT2D eigenvalue weighted by Crippen LogP contribution is -2.46.